The number of carbonyl (C=O) groups excluding carboxylic acids is 1. The molecule has 0 atom stereocenters. The summed E-state index contributed by atoms with van der Waals surface area (Å²) in [7, 11) is 0. The highest BCUT2D eigenvalue weighted by atomic mass is 16.6. The summed E-state index contributed by atoms with van der Waals surface area (Å²) >= 11 is 0. The lowest BCUT2D eigenvalue weighted by molar-refractivity contribution is 0.0522. The maximum atomic E-state index is 12.5. The molecule has 4 aliphatic rings. The Morgan fingerprint density at radius 1 is 0.650 bits per heavy atom. The number of hydrogen-bond acceptors (Lipinski definition) is 11. The quantitative estimate of drug-likeness (QED) is 0.134. The SMILES string of the molecule is [C-]#[N+]c1ccc2ncnc(NC3CCC(N4CCN(C(=O)OCc5ccccc5)CC4)CC3)c2c1.[C-]#[N+]c1ccc2ncnc(NC3CCC(N4CCNCC4)CC3)c2c1. The van der Waals surface area contributed by atoms with E-state index in [1.54, 1.807) is 18.7 Å². The molecular weight excluding hydrogens is 753 g/mol. The highest BCUT2D eigenvalue weighted by Crippen LogP contribution is 2.31. The van der Waals surface area contributed by atoms with Crippen molar-refractivity contribution in [1.82, 2.24) is 40.0 Å². The Morgan fingerprint density at radius 3 is 1.65 bits per heavy atom. The molecule has 3 aromatic carbocycles. The second-order valence-electron chi connectivity index (χ2n) is 16.2. The molecule has 2 saturated heterocycles. The van der Waals surface area contributed by atoms with Crippen molar-refractivity contribution < 1.29 is 9.53 Å². The average molecular weight is 807 g/mol. The first-order valence-electron chi connectivity index (χ1n) is 21.4. The third kappa shape index (κ3) is 10.3. The largest absolute Gasteiger partial charge is 0.445 e. The van der Waals surface area contributed by atoms with E-state index >= 15 is 0 Å². The smallest absolute Gasteiger partial charge is 0.410 e. The second kappa shape index (κ2) is 19.9. The Morgan fingerprint density at radius 2 is 1.15 bits per heavy atom. The summed E-state index contributed by atoms with van der Waals surface area (Å²) < 4.78 is 5.50. The van der Waals surface area contributed by atoms with Crippen LogP contribution in [-0.2, 0) is 11.3 Å². The van der Waals surface area contributed by atoms with Crippen molar-refractivity contribution >= 4 is 50.9 Å². The minimum Gasteiger partial charge on any atom is -0.445 e. The molecule has 0 radical (unpaired) electrons. The van der Waals surface area contributed by atoms with Gasteiger partial charge in [0.1, 0.15) is 30.9 Å². The van der Waals surface area contributed by atoms with Crippen LogP contribution in [0, 0.1) is 13.1 Å². The number of ether oxygens (including phenoxy) is 1. The summed E-state index contributed by atoms with van der Waals surface area (Å²) in [4.78, 5) is 44.1. The van der Waals surface area contributed by atoms with Gasteiger partial charge in [0.05, 0.1) is 24.2 Å². The van der Waals surface area contributed by atoms with E-state index < -0.39 is 0 Å². The zero-order valence-electron chi connectivity index (χ0n) is 34.2. The number of rotatable bonds is 8. The van der Waals surface area contributed by atoms with Gasteiger partial charge in [-0.1, -0.05) is 42.5 Å². The van der Waals surface area contributed by atoms with Crippen molar-refractivity contribution in [1.29, 1.82) is 0 Å². The van der Waals surface area contributed by atoms with Gasteiger partial charge in [-0.05, 0) is 81.2 Å². The van der Waals surface area contributed by atoms with E-state index in [4.69, 9.17) is 17.9 Å². The highest BCUT2D eigenvalue weighted by Gasteiger charge is 2.31. The summed E-state index contributed by atoms with van der Waals surface area (Å²) in [6, 6.07) is 23.0. The van der Waals surface area contributed by atoms with Crippen LogP contribution in [0.4, 0.5) is 27.8 Å². The number of aromatic nitrogens is 4. The molecule has 310 valence electrons. The number of benzene rings is 3. The maximum absolute atomic E-state index is 12.5. The van der Waals surface area contributed by atoms with Crippen LogP contribution in [-0.4, -0.2) is 117 Å². The summed E-state index contributed by atoms with van der Waals surface area (Å²) in [5.41, 5.74) is 3.98. The van der Waals surface area contributed by atoms with Crippen LogP contribution in [0.5, 0.6) is 0 Å². The number of amides is 1. The maximum Gasteiger partial charge on any atom is 0.410 e. The van der Waals surface area contributed by atoms with Gasteiger partial charge < -0.3 is 25.6 Å². The summed E-state index contributed by atoms with van der Waals surface area (Å²) in [6.07, 6.45) is 12.2. The van der Waals surface area contributed by atoms with E-state index in [0.717, 1.165) is 96.9 Å². The van der Waals surface area contributed by atoms with Gasteiger partial charge >= 0.3 is 6.09 Å². The van der Waals surface area contributed by atoms with E-state index in [9.17, 15) is 4.79 Å². The van der Waals surface area contributed by atoms with E-state index in [-0.39, 0.29) is 6.09 Å². The summed E-state index contributed by atoms with van der Waals surface area (Å²) in [5.74, 6) is 1.67. The van der Waals surface area contributed by atoms with E-state index in [0.29, 0.717) is 49.2 Å². The minimum atomic E-state index is -0.222. The lowest BCUT2D eigenvalue weighted by Gasteiger charge is -2.41. The van der Waals surface area contributed by atoms with Crippen molar-refractivity contribution in [3.63, 3.8) is 0 Å². The number of anilines is 2. The first-order valence-corrected chi connectivity index (χ1v) is 21.4. The van der Waals surface area contributed by atoms with Gasteiger partial charge in [-0.3, -0.25) is 9.80 Å². The standard InChI is InChI=1S/C27H30N6O2.C19H24N6/c1-28-22-9-12-25-24(17-22)26(30-19-29-25)31-21-7-10-23(11-8-21)32-13-15-33(16-14-32)27(34)35-18-20-5-3-2-4-6-20;1-20-15-4-7-18-17(12-15)19(23-13-22-18)24-14-2-5-16(6-3-14)25-10-8-21-9-11-25/h2-6,9,12,17,19,21,23H,7-8,10-11,13-16,18H2,(H,29,30,31);4,7,12-14,16,21H,2-3,5-6,8-11H2,(H,22,23,24). The Labute approximate surface area is 352 Å². The number of piperazine rings is 2. The molecule has 14 heteroatoms. The zero-order chi connectivity index (χ0) is 41.1. The van der Waals surface area contributed by atoms with Gasteiger partial charge in [0.2, 0.25) is 0 Å². The molecule has 60 heavy (non-hydrogen) atoms. The number of fused-ring (bicyclic) bond motifs is 2. The second-order valence-corrected chi connectivity index (χ2v) is 16.2. The molecule has 0 bridgehead atoms. The van der Waals surface area contributed by atoms with Crippen LogP contribution in [0.2, 0.25) is 0 Å². The summed E-state index contributed by atoms with van der Waals surface area (Å²) in [6.45, 7) is 22.6. The molecule has 4 heterocycles. The molecule has 2 aromatic heterocycles. The van der Waals surface area contributed by atoms with E-state index in [1.165, 1.54) is 38.8 Å². The number of nitrogens with one attached hydrogen (secondary N) is 3. The zero-order valence-corrected chi connectivity index (χ0v) is 34.2. The predicted octanol–water partition coefficient (Wildman–Crippen LogP) is 7.67. The Hall–Kier alpha value is -5.93. The van der Waals surface area contributed by atoms with E-state index in [1.807, 2.05) is 65.6 Å². The first kappa shape index (κ1) is 40.8. The average Bonchev–Trinajstić information content (AvgIpc) is 3.32. The van der Waals surface area contributed by atoms with Crippen molar-refractivity contribution in [3.8, 4) is 0 Å². The molecule has 3 N–H and O–H groups in total. The Bertz CT molecular complexity index is 2280. The molecule has 1 amide bonds. The van der Waals surface area contributed by atoms with Gasteiger partial charge in [0.25, 0.3) is 0 Å². The van der Waals surface area contributed by atoms with Crippen LogP contribution in [0.1, 0.15) is 56.9 Å². The van der Waals surface area contributed by atoms with Crippen molar-refractivity contribution in [2.45, 2.75) is 82.1 Å². The van der Waals surface area contributed by atoms with Crippen LogP contribution in [0.25, 0.3) is 31.5 Å². The minimum absolute atomic E-state index is 0.222. The van der Waals surface area contributed by atoms with Crippen LogP contribution < -0.4 is 16.0 Å². The molecule has 0 spiro atoms. The van der Waals surface area contributed by atoms with Crippen molar-refractivity contribution in [2.75, 3.05) is 63.0 Å². The fourth-order valence-corrected chi connectivity index (χ4v) is 9.14. The first-order chi connectivity index (χ1) is 29.5. The monoisotopic (exact) mass is 806 g/mol. The highest BCUT2D eigenvalue weighted by molar-refractivity contribution is 5.92. The van der Waals surface area contributed by atoms with Crippen LogP contribution >= 0.6 is 0 Å². The molecule has 9 rings (SSSR count). The lowest BCUT2D eigenvalue weighted by atomic mass is 9.89. The molecule has 0 unspecified atom stereocenters. The van der Waals surface area contributed by atoms with E-state index in [2.05, 4.69) is 55.4 Å². The normalized spacial score (nSPS) is 22.5. The van der Waals surface area contributed by atoms with Gasteiger partial charge in [-0.15, -0.1) is 0 Å². The molecule has 5 aromatic rings. The molecule has 14 nitrogen and oxygen atoms in total. The number of nitrogens with zero attached hydrogens (tertiary/aromatic N) is 9. The summed E-state index contributed by atoms with van der Waals surface area (Å²) in [5, 5.41) is 12.5. The predicted molar refractivity (Wildman–Crippen MR) is 235 cm³/mol. The molecule has 2 aliphatic carbocycles. The molecule has 4 fully saturated rings. The number of carbonyl (C=O) groups is 1. The fourth-order valence-electron chi connectivity index (χ4n) is 9.14. The third-order valence-corrected chi connectivity index (χ3v) is 12.5. The fraction of sp³-hybridized carbons (Fsp3) is 0.457. The Balaban J connectivity index is 0.000000176. The molecule has 2 aliphatic heterocycles. The topological polar surface area (TPSA) is 132 Å². The number of hydrogen-bond donors (Lipinski definition) is 3. The third-order valence-electron chi connectivity index (χ3n) is 12.5. The Kier molecular flexibility index (Phi) is 13.5. The molecular formula is C46H54N12O2. The van der Waals surface area contributed by atoms with Gasteiger partial charge in [0, 0.05) is 87.3 Å². The van der Waals surface area contributed by atoms with Crippen LogP contribution in [0.3, 0.4) is 0 Å². The lowest BCUT2D eigenvalue weighted by Crippen LogP contribution is -2.53. The van der Waals surface area contributed by atoms with Crippen LogP contribution in [0.15, 0.2) is 79.4 Å². The molecule has 2 saturated carbocycles. The van der Waals surface area contributed by atoms with Gasteiger partial charge in [-0.2, -0.15) is 0 Å². The van der Waals surface area contributed by atoms with Crippen molar-refractivity contribution in [2.24, 2.45) is 0 Å². The van der Waals surface area contributed by atoms with Gasteiger partial charge in [0.15, 0.2) is 11.4 Å². The van der Waals surface area contributed by atoms with Gasteiger partial charge in [-0.25, -0.2) is 34.4 Å². The van der Waals surface area contributed by atoms with Crippen molar-refractivity contribution in [3.05, 3.63) is 108 Å².